The molecular formula is C15H24N4O3S. The molecule has 7 nitrogen and oxygen atoms in total. The molecule has 0 aromatic carbocycles. The number of carbonyl (C=O) groups is 2. The second-order valence-corrected chi connectivity index (χ2v) is 7.66. The first-order chi connectivity index (χ1) is 10.7. The number of piperazine rings is 1. The largest absolute Gasteiger partial charge is 0.394 e. The highest BCUT2D eigenvalue weighted by atomic mass is 32.1. The number of hydrogen-bond acceptors (Lipinski definition) is 5. The van der Waals surface area contributed by atoms with Crippen LogP contribution in [0.5, 0.6) is 0 Å². The molecule has 23 heavy (non-hydrogen) atoms. The van der Waals surface area contributed by atoms with Crippen LogP contribution < -0.4 is 10.6 Å². The predicted molar refractivity (Wildman–Crippen MR) is 89.8 cm³/mol. The smallest absolute Gasteiger partial charge is 0.324 e. The maximum absolute atomic E-state index is 12.4. The van der Waals surface area contributed by atoms with Gasteiger partial charge in [-0.05, 0) is 11.8 Å². The Hall–Kier alpha value is -1.67. The summed E-state index contributed by atoms with van der Waals surface area (Å²) in [4.78, 5) is 31.0. The molecule has 1 aliphatic heterocycles. The Bertz CT molecular complexity index is 594. The van der Waals surface area contributed by atoms with Crippen molar-refractivity contribution < 1.29 is 14.7 Å². The van der Waals surface area contributed by atoms with E-state index in [2.05, 4.69) is 36.4 Å². The van der Waals surface area contributed by atoms with E-state index < -0.39 is 6.04 Å². The van der Waals surface area contributed by atoms with Crippen LogP contribution in [-0.4, -0.2) is 52.7 Å². The number of urea groups is 1. The van der Waals surface area contributed by atoms with Gasteiger partial charge in [0.1, 0.15) is 6.54 Å². The fourth-order valence-corrected chi connectivity index (χ4v) is 3.58. The SMILES string of the molecule is CCc1nc(NC(=O)N2CC(=O)N[C@H](CO)C2)sc1C(C)(C)C. The van der Waals surface area contributed by atoms with Gasteiger partial charge in [-0.2, -0.15) is 0 Å². The zero-order valence-corrected chi connectivity index (χ0v) is 14.8. The van der Waals surface area contributed by atoms with Crippen molar-refractivity contribution >= 4 is 28.4 Å². The second kappa shape index (κ2) is 6.84. The van der Waals surface area contributed by atoms with Gasteiger partial charge in [0.2, 0.25) is 5.91 Å². The van der Waals surface area contributed by atoms with Crippen molar-refractivity contribution in [3.8, 4) is 0 Å². The van der Waals surface area contributed by atoms with Crippen molar-refractivity contribution in [3.05, 3.63) is 10.6 Å². The van der Waals surface area contributed by atoms with Gasteiger partial charge in [-0.15, -0.1) is 11.3 Å². The topological polar surface area (TPSA) is 94.6 Å². The molecule has 1 atom stereocenters. The van der Waals surface area contributed by atoms with Crippen molar-refractivity contribution in [2.45, 2.75) is 45.6 Å². The van der Waals surface area contributed by atoms with Crippen molar-refractivity contribution in [2.24, 2.45) is 0 Å². The summed E-state index contributed by atoms with van der Waals surface area (Å²) in [6, 6.07) is -0.787. The van der Waals surface area contributed by atoms with Crippen LogP contribution in [-0.2, 0) is 16.6 Å². The van der Waals surface area contributed by atoms with Crippen LogP contribution in [0.1, 0.15) is 38.3 Å². The standard InChI is InChI=1S/C15H24N4O3S/c1-5-10-12(15(2,3)4)23-13(17-10)18-14(22)19-6-9(8-20)16-11(21)7-19/h9,20H,5-8H2,1-4H3,(H,16,21)(H,17,18,22)/t9-/m0/s1. The van der Waals surface area contributed by atoms with Crippen molar-refractivity contribution in [2.75, 3.05) is 25.0 Å². The summed E-state index contributed by atoms with van der Waals surface area (Å²) in [5.74, 6) is -0.269. The number of aromatic nitrogens is 1. The average Bonchev–Trinajstić information content (AvgIpc) is 2.89. The van der Waals surface area contributed by atoms with E-state index in [1.165, 1.54) is 16.2 Å². The van der Waals surface area contributed by atoms with Gasteiger partial charge in [0, 0.05) is 11.4 Å². The molecule has 2 rings (SSSR count). The van der Waals surface area contributed by atoms with E-state index >= 15 is 0 Å². The van der Waals surface area contributed by atoms with Gasteiger partial charge >= 0.3 is 6.03 Å². The molecule has 1 aromatic heterocycles. The summed E-state index contributed by atoms with van der Waals surface area (Å²) < 4.78 is 0. The number of nitrogens with one attached hydrogen (secondary N) is 2. The number of carbonyl (C=O) groups excluding carboxylic acids is 2. The molecule has 0 spiro atoms. The van der Waals surface area contributed by atoms with Crippen LogP contribution in [0.3, 0.4) is 0 Å². The molecule has 0 saturated carbocycles. The van der Waals surface area contributed by atoms with Crippen molar-refractivity contribution in [1.82, 2.24) is 15.2 Å². The maximum atomic E-state index is 12.4. The van der Waals surface area contributed by atoms with Gasteiger partial charge in [0.25, 0.3) is 0 Å². The number of aliphatic hydroxyl groups is 1. The molecule has 0 aliphatic carbocycles. The number of thiazole rings is 1. The monoisotopic (exact) mass is 340 g/mol. The Morgan fingerprint density at radius 1 is 1.52 bits per heavy atom. The maximum Gasteiger partial charge on any atom is 0.324 e. The van der Waals surface area contributed by atoms with Gasteiger partial charge in [0.05, 0.1) is 18.3 Å². The summed E-state index contributed by atoms with van der Waals surface area (Å²) >= 11 is 1.47. The minimum atomic E-state index is -0.422. The molecule has 3 N–H and O–H groups in total. The third kappa shape index (κ3) is 4.20. The summed E-state index contributed by atoms with van der Waals surface area (Å²) in [5.41, 5.74) is 0.960. The molecular weight excluding hydrogens is 316 g/mol. The van der Waals surface area contributed by atoms with E-state index in [9.17, 15) is 14.7 Å². The lowest BCUT2D eigenvalue weighted by atomic mass is 9.93. The number of anilines is 1. The minimum absolute atomic E-state index is 0.0134. The number of aryl methyl sites for hydroxylation is 1. The first-order valence-corrected chi connectivity index (χ1v) is 8.52. The quantitative estimate of drug-likeness (QED) is 0.773. The third-order valence-electron chi connectivity index (χ3n) is 3.58. The molecule has 0 bridgehead atoms. The van der Waals surface area contributed by atoms with E-state index in [0.717, 1.165) is 17.0 Å². The highest BCUT2D eigenvalue weighted by Crippen LogP contribution is 2.34. The van der Waals surface area contributed by atoms with Crippen LogP contribution in [0.25, 0.3) is 0 Å². The van der Waals surface area contributed by atoms with Crippen LogP contribution in [0, 0.1) is 0 Å². The molecule has 3 amide bonds. The summed E-state index contributed by atoms with van der Waals surface area (Å²) in [6.07, 6.45) is 0.803. The number of nitrogens with zero attached hydrogens (tertiary/aromatic N) is 2. The molecule has 2 heterocycles. The number of rotatable bonds is 3. The first kappa shape index (κ1) is 17.7. The van der Waals surface area contributed by atoms with Crippen LogP contribution in [0.2, 0.25) is 0 Å². The van der Waals surface area contributed by atoms with Gasteiger partial charge in [-0.25, -0.2) is 9.78 Å². The summed E-state index contributed by atoms with van der Waals surface area (Å²) in [5, 5.41) is 15.1. The Balaban J connectivity index is 2.11. The Morgan fingerprint density at radius 3 is 2.74 bits per heavy atom. The van der Waals surface area contributed by atoms with Crippen LogP contribution in [0.4, 0.5) is 9.93 Å². The van der Waals surface area contributed by atoms with E-state index in [0.29, 0.717) is 5.13 Å². The minimum Gasteiger partial charge on any atom is -0.394 e. The molecule has 128 valence electrons. The highest BCUT2D eigenvalue weighted by Gasteiger charge is 2.29. The molecule has 1 saturated heterocycles. The van der Waals surface area contributed by atoms with E-state index in [-0.39, 0.29) is 37.0 Å². The molecule has 1 aliphatic rings. The van der Waals surface area contributed by atoms with Gasteiger partial charge in [0.15, 0.2) is 5.13 Å². The molecule has 1 aromatic rings. The van der Waals surface area contributed by atoms with E-state index in [4.69, 9.17) is 0 Å². The fourth-order valence-electron chi connectivity index (χ4n) is 2.48. The second-order valence-electron chi connectivity index (χ2n) is 6.66. The Labute approximate surface area is 140 Å². The number of amides is 3. The fraction of sp³-hybridized carbons (Fsp3) is 0.667. The molecule has 8 heteroatoms. The average molecular weight is 340 g/mol. The lowest BCUT2D eigenvalue weighted by Gasteiger charge is -2.31. The van der Waals surface area contributed by atoms with Gasteiger partial charge in [-0.3, -0.25) is 10.1 Å². The molecule has 0 unspecified atom stereocenters. The van der Waals surface area contributed by atoms with E-state index in [1.807, 2.05) is 6.92 Å². The normalized spacial score (nSPS) is 18.7. The zero-order valence-electron chi connectivity index (χ0n) is 14.0. The third-order valence-corrected chi connectivity index (χ3v) is 5.01. The highest BCUT2D eigenvalue weighted by molar-refractivity contribution is 7.16. The first-order valence-electron chi connectivity index (χ1n) is 7.71. The van der Waals surface area contributed by atoms with Gasteiger partial charge < -0.3 is 15.3 Å². The Kier molecular flexibility index (Phi) is 5.26. The Morgan fingerprint density at radius 2 is 2.22 bits per heavy atom. The van der Waals surface area contributed by atoms with Crippen LogP contribution >= 0.6 is 11.3 Å². The van der Waals surface area contributed by atoms with E-state index in [1.54, 1.807) is 0 Å². The number of aliphatic hydroxyl groups excluding tert-OH is 1. The lowest BCUT2D eigenvalue weighted by Crippen LogP contribution is -2.57. The van der Waals surface area contributed by atoms with Crippen LogP contribution in [0.15, 0.2) is 0 Å². The summed E-state index contributed by atoms with van der Waals surface area (Å²) in [6.45, 7) is 8.47. The number of hydrogen-bond donors (Lipinski definition) is 3. The lowest BCUT2D eigenvalue weighted by molar-refractivity contribution is -0.124. The summed E-state index contributed by atoms with van der Waals surface area (Å²) in [7, 11) is 0. The zero-order chi connectivity index (χ0) is 17.2. The predicted octanol–water partition coefficient (Wildman–Crippen LogP) is 1.33. The van der Waals surface area contributed by atoms with Gasteiger partial charge in [-0.1, -0.05) is 27.7 Å². The van der Waals surface area contributed by atoms with Crippen molar-refractivity contribution in [3.63, 3.8) is 0 Å². The molecule has 0 radical (unpaired) electrons. The van der Waals surface area contributed by atoms with Crippen molar-refractivity contribution in [1.29, 1.82) is 0 Å². The molecule has 1 fully saturated rings.